The molecule has 4 nitrogen and oxygen atoms in total. The molecule has 1 rings (SSSR count). The summed E-state index contributed by atoms with van der Waals surface area (Å²) < 4.78 is 4.89. The number of rotatable bonds is 6. The minimum Gasteiger partial charge on any atom is -0.397 e. The lowest BCUT2D eigenvalue weighted by Gasteiger charge is -2.07. The molecular weight excluding hydrogens is 224 g/mol. The highest BCUT2D eigenvalue weighted by Crippen LogP contribution is 2.16. The molecule has 3 N–H and O–H groups in total. The van der Waals surface area contributed by atoms with Gasteiger partial charge in [0.1, 0.15) is 0 Å². The zero-order chi connectivity index (χ0) is 11.8. The molecule has 0 fully saturated rings. The van der Waals surface area contributed by atoms with Gasteiger partial charge in [0, 0.05) is 12.9 Å². The van der Waals surface area contributed by atoms with Crippen molar-refractivity contribution in [2.75, 3.05) is 36.3 Å². The van der Waals surface area contributed by atoms with Crippen LogP contribution in [-0.2, 0) is 9.53 Å². The zero-order valence-corrected chi connectivity index (χ0v) is 10.0. The first kappa shape index (κ1) is 12.9. The van der Waals surface area contributed by atoms with Gasteiger partial charge in [0.2, 0.25) is 5.91 Å². The lowest BCUT2D eigenvalue weighted by Crippen LogP contribution is -2.15. The van der Waals surface area contributed by atoms with Crippen molar-refractivity contribution in [1.29, 1.82) is 0 Å². The van der Waals surface area contributed by atoms with E-state index in [2.05, 4.69) is 5.32 Å². The second kappa shape index (κ2) is 7.14. The van der Waals surface area contributed by atoms with Crippen LogP contribution >= 0.6 is 11.8 Å². The number of nitrogens with one attached hydrogen (secondary N) is 1. The molecule has 0 aliphatic rings. The van der Waals surface area contributed by atoms with E-state index in [0.717, 1.165) is 5.75 Å². The molecule has 1 aromatic carbocycles. The van der Waals surface area contributed by atoms with Crippen molar-refractivity contribution < 1.29 is 9.53 Å². The Labute approximate surface area is 99.5 Å². The number of nitrogens with two attached hydrogens (primary N) is 1. The van der Waals surface area contributed by atoms with Crippen LogP contribution in [0.4, 0.5) is 11.4 Å². The number of amides is 1. The highest BCUT2D eigenvalue weighted by molar-refractivity contribution is 7.99. The van der Waals surface area contributed by atoms with Crippen LogP contribution in [0.15, 0.2) is 24.3 Å². The van der Waals surface area contributed by atoms with Crippen LogP contribution in [0.2, 0.25) is 0 Å². The van der Waals surface area contributed by atoms with Crippen LogP contribution in [0, 0.1) is 0 Å². The van der Waals surface area contributed by atoms with E-state index in [9.17, 15) is 4.79 Å². The third kappa shape index (κ3) is 4.55. The molecule has 0 bridgehead atoms. The van der Waals surface area contributed by atoms with Crippen LogP contribution in [0.1, 0.15) is 0 Å². The van der Waals surface area contributed by atoms with Crippen molar-refractivity contribution in [3.8, 4) is 0 Å². The van der Waals surface area contributed by atoms with Gasteiger partial charge in [0.15, 0.2) is 0 Å². The van der Waals surface area contributed by atoms with Crippen LogP contribution in [-0.4, -0.2) is 31.1 Å². The second-order valence-corrected chi connectivity index (χ2v) is 4.29. The van der Waals surface area contributed by atoms with Gasteiger partial charge in [0.05, 0.1) is 23.7 Å². The van der Waals surface area contributed by atoms with E-state index in [0.29, 0.717) is 23.7 Å². The van der Waals surface area contributed by atoms with Crippen molar-refractivity contribution in [3.63, 3.8) is 0 Å². The largest absolute Gasteiger partial charge is 0.397 e. The Morgan fingerprint density at radius 3 is 2.94 bits per heavy atom. The number of carbonyl (C=O) groups excluding carboxylic acids is 1. The fourth-order valence-electron chi connectivity index (χ4n) is 1.10. The number of carbonyl (C=O) groups is 1. The molecule has 0 radical (unpaired) electrons. The summed E-state index contributed by atoms with van der Waals surface area (Å²) in [6.07, 6.45) is 0. The maximum Gasteiger partial charge on any atom is 0.234 e. The summed E-state index contributed by atoms with van der Waals surface area (Å²) in [7, 11) is 1.64. The average molecular weight is 240 g/mol. The van der Waals surface area contributed by atoms with Crippen LogP contribution in [0.3, 0.4) is 0 Å². The maximum absolute atomic E-state index is 11.5. The van der Waals surface area contributed by atoms with Gasteiger partial charge in [-0.1, -0.05) is 12.1 Å². The summed E-state index contributed by atoms with van der Waals surface area (Å²) in [5, 5.41) is 2.76. The molecule has 0 aliphatic heterocycles. The van der Waals surface area contributed by atoms with Crippen molar-refractivity contribution >= 4 is 29.0 Å². The first-order valence-corrected chi connectivity index (χ1v) is 6.10. The fraction of sp³-hybridized carbons (Fsp3) is 0.364. The van der Waals surface area contributed by atoms with Gasteiger partial charge < -0.3 is 15.8 Å². The van der Waals surface area contributed by atoms with Crippen molar-refractivity contribution in [1.82, 2.24) is 0 Å². The van der Waals surface area contributed by atoms with E-state index < -0.39 is 0 Å². The summed E-state index contributed by atoms with van der Waals surface area (Å²) in [6, 6.07) is 7.21. The third-order valence-corrected chi connectivity index (χ3v) is 2.82. The molecule has 1 aromatic rings. The Balaban J connectivity index is 2.32. The van der Waals surface area contributed by atoms with Crippen LogP contribution < -0.4 is 11.1 Å². The Hall–Kier alpha value is -1.20. The molecular formula is C11H16N2O2S. The van der Waals surface area contributed by atoms with E-state index in [4.69, 9.17) is 10.5 Å². The third-order valence-electron chi connectivity index (χ3n) is 1.90. The van der Waals surface area contributed by atoms with E-state index >= 15 is 0 Å². The first-order valence-electron chi connectivity index (χ1n) is 4.95. The summed E-state index contributed by atoms with van der Waals surface area (Å²) >= 11 is 1.53. The molecule has 0 atom stereocenters. The normalized spacial score (nSPS) is 10.1. The topological polar surface area (TPSA) is 64.3 Å². The molecule has 0 spiro atoms. The van der Waals surface area contributed by atoms with E-state index in [1.165, 1.54) is 11.8 Å². The molecule has 0 aliphatic carbocycles. The van der Waals surface area contributed by atoms with Crippen molar-refractivity contribution in [3.05, 3.63) is 24.3 Å². The van der Waals surface area contributed by atoms with E-state index in [1.807, 2.05) is 12.1 Å². The molecule has 0 aromatic heterocycles. The monoisotopic (exact) mass is 240 g/mol. The Morgan fingerprint density at radius 1 is 1.50 bits per heavy atom. The van der Waals surface area contributed by atoms with E-state index in [1.54, 1.807) is 19.2 Å². The lowest BCUT2D eigenvalue weighted by molar-refractivity contribution is -0.113. The summed E-state index contributed by atoms with van der Waals surface area (Å²) in [4.78, 5) is 11.5. The predicted molar refractivity (Wildman–Crippen MR) is 68.7 cm³/mol. The van der Waals surface area contributed by atoms with Gasteiger partial charge in [-0.15, -0.1) is 11.8 Å². The number of para-hydroxylation sites is 2. The Morgan fingerprint density at radius 2 is 2.25 bits per heavy atom. The minimum atomic E-state index is -0.0426. The summed E-state index contributed by atoms with van der Waals surface area (Å²) in [5.74, 6) is 1.19. The van der Waals surface area contributed by atoms with Crippen LogP contribution in [0.25, 0.3) is 0 Å². The number of hydrogen-bond acceptors (Lipinski definition) is 4. The number of thioether (sulfide) groups is 1. The smallest absolute Gasteiger partial charge is 0.234 e. The highest BCUT2D eigenvalue weighted by atomic mass is 32.2. The predicted octanol–water partition coefficient (Wildman–Crippen LogP) is 1.59. The highest BCUT2D eigenvalue weighted by Gasteiger charge is 2.04. The first-order chi connectivity index (χ1) is 7.74. The summed E-state index contributed by atoms with van der Waals surface area (Å²) in [6.45, 7) is 0.658. The van der Waals surface area contributed by atoms with Gasteiger partial charge in [-0.3, -0.25) is 4.79 Å². The molecule has 0 saturated heterocycles. The standard InChI is InChI=1S/C11H16N2O2S/c1-15-6-7-16-8-11(14)13-10-5-3-2-4-9(10)12/h2-5H,6-8,12H2,1H3,(H,13,14). The average Bonchev–Trinajstić information content (AvgIpc) is 2.28. The molecule has 16 heavy (non-hydrogen) atoms. The number of nitrogen functional groups attached to an aromatic ring is 1. The number of benzene rings is 1. The quantitative estimate of drug-likeness (QED) is 0.585. The molecule has 0 saturated carbocycles. The lowest BCUT2D eigenvalue weighted by atomic mass is 10.3. The molecule has 0 unspecified atom stereocenters. The molecule has 88 valence electrons. The maximum atomic E-state index is 11.5. The Kier molecular flexibility index (Phi) is 5.74. The SMILES string of the molecule is COCCSCC(=O)Nc1ccccc1N. The number of anilines is 2. The number of hydrogen-bond donors (Lipinski definition) is 2. The fourth-order valence-corrected chi connectivity index (χ4v) is 1.79. The number of ether oxygens (including phenoxy) is 1. The van der Waals surface area contributed by atoms with Gasteiger partial charge in [-0.2, -0.15) is 0 Å². The molecule has 0 heterocycles. The van der Waals surface area contributed by atoms with Gasteiger partial charge in [-0.05, 0) is 12.1 Å². The van der Waals surface area contributed by atoms with Crippen molar-refractivity contribution in [2.24, 2.45) is 0 Å². The zero-order valence-electron chi connectivity index (χ0n) is 9.23. The summed E-state index contributed by atoms with van der Waals surface area (Å²) in [5.41, 5.74) is 6.95. The van der Waals surface area contributed by atoms with Crippen molar-refractivity contribution in [2.45, 2.75) is 0 Å². The van der Waals surface area contributed by atoms with Gasteiger partial charge in [-0.25, -0.2) is 0 Å². The molecule has 1 amide bonds. The molecule has 5 heteroatoms. The van der Waals surface area contributed by atoms with Gasteiger partial charge in [0.25, 0.3) is 0 Å². The Bertz CT molecular complexity index is 345. The van der Waals surface area contributed by atoms with Gasteiger partial charge >= 0.3 is 0 Å². The van der Waals surface area contributed by atoms with E-state index in [-0.39, 0.29) is 5.91 Å². The number of methoxy groups -OCH3 is 1. The van der Waals surface area contributed by atoms with Crippen LogP contribution in [0.5, 0.6) is 0 Å². The second-order valence-electron chi connectivity index (χ2n) is 3.18. The minimum absolute atomic E-state index is 0.0426.